The fraction of sp³-hybridized carbons (Fsp3) is 0.400. The normalized spacial score (nSPS) is 11.8. The van der Waals surface area contributed by atoms with E-state index in [-0.39, 0.29) is 11.1 Å². The molecule has 6 heteroatoms. The molecule has 1 aromatic carbocycles. The monoisotopic (exact) mass is 300 g/mol. The number of ether oxygens (including phenoxy) is 1. The smallest absolute Gasteiger partial charge is 0.376 e. The van der Waals surface area contributed by atoms with Gasteiger partial charge in [-0.25, -0.2) is 4.39 Å². The summed E-state index contributed by atoms with van der Waals surface area (Å²) in [5.74, 6) is -0.418. The van der Waals surface area contributed by atoms with E-state index in [2.05, 4.69) is 15.9 Å². The highest BCUT2D eigenvalue weighted by molar-refractivity contribution is 9.10. The maximum Gasteiger partial charge on any atom is 0.391 e. The Morgan fingerprint density at radius 3 is 2.50 bits per heavy atom. The van der Waals surface area contributed by atoms with Gasteiger partial charge in [-0.05, 0) is 33.6 Å². The van der Waals surface area contributed by atoms with E-state index in [4.69, 9.17) is 4.74 Å². The van der Waals surface area contributed by atoms with Crippen LogP contribution in [0, 0.1) is 5.82 Å². The molecule has 0 aliphatic heterocycles. The Hall–Kier alpha value is -0.620. The van der Waals surface area contributed by atoms with Crippen LogP contribution >= 0.6 is 15.9 Å². The first kappa shape index (κ1) is 13.4. The van der Waals surface area contributed by atoms with Gasteiger partial charge in [0.15, 0.2) is 0 Å². The second-order valence-corrected chi connectivity index (χ2v) is 4.02. The first-order valence-electron chi connectivity index (χ1n) is 4.47. The molecule has 0 aromatic heterocycles. The van der Waals surface area contributed by atoms with Crippen molar-refractivity contribution in [2.24, 2.45) is 0 Å². The van der Waals surface area contributed by atoms with Crippen LogP contribution in [0.5, 0.6) is 0 Å². The predicted octanol–water partition coefficient (Wildman–Crippen LogP) is 4.06. The lowest BCUT2D eigenvalue weighted by atomic mass is 10.2. The lowest BCUT2D eigenvalue weighted by Gasteiger charge is -2.07. The van der Waals surface area contributed by atoms with Crippen molar-refractivity contribution in [1.82, 2.24) is 0 Å². The van der Waals surface area contributed by atoms with E-state index in [1.807, 2.05) is 0 Å². The van der Waals surface area contributed by atoms with Crippen LogP contribution in [0.1, 0.15) is 12.0 Å². The van der Waals surface area contributed by atoms with Crippen LogP contribution in [0.15, 0.2) is 22.7 Å². The Labute approximate surface area is 98.5 Å². The number of alkyl halides is 3. The summed E-state index contributed by atoms with van der Waals surface area (Å²) in [5.41, 5.74) is 0.621. The largest absolute Gasteiger partial charge is 0.391 e. The molecule has 0 saturated heterocycles. The van der Waals surface area contributed by atoms with Gasteiger partial charge in [-0.15, -0.1) is 0 Å². The standard InChI is InChI=1S/C10H9BrF4O/c11-8-5-7(1-2-9(8)12)6-16-4-3-10(13,14)15/h1-2,5H,3-4,6H2. The van der Waals surface area contributed by atoms with E-state index in [1.54, 1.807) is 0 Å². The Kier molecular flexibility index (Phi) is 4.73. The van der Waals surface area contributed by atoms with E-state index in [0.29, 0.717) is 5.56 Å². The van der Waals surface area contributed by atoms with E-state index in [1.165, 1.54) is 18.2 Å². The molecule has 0 saturated carbocycles. The third kappa shape index (κ3) is 4.94. The van der Waals surface area contributed by atoms with Crippen LogP contribution in [0.4, 0.5) is 17.6 Å². The van der Waals surface area contributed by atoms with E-state index in [9.17, 15) is 17.6 Å². The summed E-state index contributed by atoms with van der Waals surface area (Å²) >= 11 is 2.98. The zero-order valence-corrected chi connectivity index (χ0v) is 9.74. The van der Waals surface area contributed by atoms with Gasteiger partial charge in [-0.3, -0.25) is 0 Å². The topological polar surface area (TPSA) is 9.23 Å². The third-order valence-electron chi connectivity index (χ3n) is 1.78. The number of halogens is 5. The van der Waals surface area contributed by atoms with Crippen LogP contribution in [0.2, 0.25) is 0 Å². The minimum Gasteiger partial charge on any atom is -0.376 e. The molecule has 0 N–H and O–H groups in total. The van der Waals surface area contributed by atoms with Gasteiger partial charge >= 0.3 is 6.18 Å². The van der Waals surface area contributed by atoms with Crippen molar-refractivity contribution in [2.45, 2.75) is 19.2 Å². The molecule has 0 amide bonds. The van der Waals surface area contributed by atoms with E-state index in [0.717, 1.165) is 0 Å². The molecule has 0 aliphatic carbocycles. The highest BCUT2D eigenvalue weighted by atomic mass is 79.9. The SMILES string of the molecule is Fc1ccc(COCCC(F)(F)F)cc1Br. The van der Waals surface area contributed by atoms with Crippen molar-refractivity contribution in [3.8, 4) is 0 Å². The summed E-state index contributed by atoms with van der Waals surface area (Å²) in [7, 11) is 0. The number of benzene rings is 1. The predicted molar refractivity (Wildman–Crippen MR) is 54.4 cm³/mol. The summed E-state index contributed by atoms with van der Waals surface area (Å²) in [4.78, 5) is 0. The van der Waals surface area contributed by atoms with Gasteiger partial charge in [-0.2, -0.15) is 13.2 Å². The quantitative estimate of drug-likeness (QED) is 0.602. The molecular weight excluding hydrogens is 292 g/mol. The molecule has 0 unspecified atom stereocenters. The molecule has 0 heterocycles. The minimum atomic E-state index is -4.20. The van der Waals surface area contributed by atoms with Gasteiger partial charge < -0.3 is 4.74 Å². The molecule has 90 valence electrons. The summed E-state index contributed by atoms with van der Waals surface area (Å²) in [6, 6.07) is 4.17. The van der Waals surface area contributed by atoms with Gasteiger partial charge in [0.1, 0.15) is 5.82 Å². The molecule has 0 spiro atoms. The van der Waals surface area contributed by atoms with E-state index < -0.39 is 25.0 Å². The average Bonchev–Trinajstić information content (AvgIpc) is 2.17. The Morgan fingerprint density at radius 1 is 1.25 bits per heavy atom. The number of hydrogen-bond acceptors (Lipinski definition) is 1. The molecule has 1 nitrogen and oxygen atoms in total. The second kappa shape index (κ2) is 5.63. The maximum absolute atomic E-state index is 12.8. The molecule has 0 atom stereocenters. The van der Waals surface area contributed by atoms with Crippen molar-refractivity contribution in [1.29, 1.82) is 0 Å². The fourth-order valence-electron chi connectivity index (χ4n) is 1.01. The lowest BCUT2D eigenvalue weighted by molar-refractivity contribution is -0.146. The van der Waals surface area contributed by atoms with Crippen molar-refractivity contribution < 1.29 is 22.3 Å². The molecule has 0 radical (unpaired) electrons. The Morgan fingerprint density at radius 2 is 1.94 bits per heavy atom. The molecule has 0 aliphatic rings. The van der Waals surface area contributed by atoms with Crippen LogP contribution in [-0.2, 0) is 11.3 Å². The Balaban J connectivity index is 2.35. The number of rotatable bonds is 4. The van der Waals surface area contributed by atoms with Gasteiger partial charge in [0.25, 0.3) is 0 Å². The van der Waals surface area contributed by atoms with Crippen LogP contribution in [-0.4, -0.2) is 12.8 Å². The fourth-order valence-corrected chi connectivity index (χ4v) is 1.43. The first-order chi connectivity index (χ1) is 7.38. The van der Waals surface area contributed by atoms with Crippen molar-refractivity contribution in [3.05, 3.63) is 34.1 Å². The minimum absolute atomic E-state index is 0.0367. The zero-order chi connectivity index (χ0) is 12.2. The van der Waals surface area contributed by atoms with E-state index >= 15 is 0 Å². The van der Waals surface area contributed by atoms with Crippen molar-refractivity contribution in [3.63, 3.8) is 0 Å². The molecule has 0 fully saturated rings. The summed E-state index contributed by atoms with van der Waals surface area (Å²) in [5, 5.41) is 0. The molecule has 0 bridgehead atoms. The van der Waals surface area contributed by atoms with Crippen LogP contribution in [0.25, 0.3) is 0 Å². The summed E-state index contributed by atoms with van der Waals surface area (Å²) in [6.45, 7) is -0.354. The second-order valence-electron chi connectivity index (χ2n) is 3.17. The highest BCUT2D eigenvalue weighted by Gasteiger charge is 2.26. The van der Waals surface area contributed by atoms with Gasteiger partial charge in [0, 0.05) is 0 Å². The average molecular weight is 301 g/mol. The maximum atomic E-state index is 12.8. The molecule has 1 aromatic rings. The Bertz CT molecular complexity index is 351. The highest BCUT2D eigenvalue weighted by Crippen LogP contribution is 2.20. The summed E-state index contributed by atoms with van der Waals surface area (Å²) in [6.07, 6.45) is -5.18. The molecule has 16 heavy (non-hydrogen) atoms. The third-order valence-corrected chi connectivity index (χ3v) is 2.39. The van der Waals surface area contributed by atoms with Crippen molar-refractivity contribution >= 4 is 15.9 Å². The number of hydrogen-bond donors (Lipinski definition) is 0. The summed E-state index contributed by atoms with van der Waals surface area (Å²) < 4.78 is 53.2. The van der Waals surface area contributed by atoms with Gasteiger partial charge in [0.2, 0.25) is 0 Å². The van der Waals surface area contributed by atoms with Gasteiger partial charge in [-0.1, -0.05) is 6.07 Å². The van der Waals surface area contributed by atoms with Crippen molar-refractivity contribution in [2.75, 3.05) is 6.61 Å². The first-order valence-corrected chi connectivity index (χ1v) is 5.26. The lowest BCUT2D eigenvalue weighted by Crippen LogP contribution is -2.11. The van der Waals surface area contributed by atoms with Crippen LogP contribution in [0.3, 0.4) is 0 Å². The molecular formula is C10H9BrF4O. The molecule has 1 rings (SSSR count). The zero-order valence-electron chi connectivity index (χ0n) is 8.15. The van der Waals surface area contributed by atoms with Crippen LogP contribution < -0.4 is 0 Å². The van der Waals surface area contributed by atoms with Gasteiger partial charge in [0.05, 0.1) is 24.1 Å².